The van der Waals surface area contributed by atoms with Crippen LogP contribution in [-0.4, -0.2) is 30.8 Å². The highest BCUT2D eigenvalue weighted by molar-refractivity contribution is 7.80. The Hall–Kier alpha value is -4.36. The number of rotatable bonds is 11. The summed E-state index contributed by atoms with van der Waals surface area (Å²) in [5, 5.41) is 5.93. The maximum absolute atomic E-state index is 12.7. The molecule has 37 heavy (non-hydrogen) atoms. The third-order valence-electron chi connectivity index (χ3n) is 5.28. The van der Waals surface area contributed by atoms with Crippen molar-refractivity contribution in [2.45, 2.75) is 6.42 Å². The van der Waals surface area contributed by atoms with Gasteiger partial charge in [-0.1, -0.05) is 60.7 Å². The van der Waals surface area contributed by atoms with E-state index in [1.165, 1.54) is 5.56 Å². The van der Waals surface area contributed by atoms with E-state index in [4.69, 9.17) is 26.4 Å². The van der Waals surface area contributed by atoms with Crippen molar-refractivity contribution in [3.63, 3.8) is 0 Å². The number of nitrogens with one attached hydrogen (secondary N) is 2. The molecule has 0 saturated heterocycles. The SMILES string of the molecule is O=C(NC(=S)Nc1cccc(OCCc2ccccc2)c1)c1cccc(OCCOc2ccccc2)c1. The fraction of sp³-hybridized carbons (Fsp3) is 0.133. The van der Waals surface area contributed by atoms with Crippen molar-refractivity contribution in [1.29, 1.82) is 0 Å². The zero-order valence-corrected chi connectivity index (χ0v) is 21.1. The van der Waals surface area contributed by atoms with Crippen molar-refractivity contribution < 1.29 is 19.0 Å². The number of hydrogen-bond donors (Lipinski definition) is 2. The molecular weight excluding hydrogens is 484 g/mol. The van der Waals surface area contributed by atoms with Crippen molar-refractivity contribution in [3.05, 3.63) is 120 Å². The number of carbonyl (C=O) groups is 1. The minimum absolute atomic E-state index is 0.189. The Labute approximate surface area is 222 Å². The van der Waals surface area contributed by atoms with E-state index < -0.39 is 0 Å². The Bertz CT molecular complexity index is 1300. The van der Waals surface area contributed by atoms with Gasteiger partial charge in [0, 0.05) is 23.7 Å². The molecule has 0 saturated carbocycles. The van der Waals surface area contributed by atoms with Crippen molar-refractivity contribution in [2.24, 2.45) is 0 Å². The Kier molecular flexibility index (Phi) is 9.49. The number of ether oxygens (including phenoxy) is 3. The molecule has 4 rings (SSSR count). The number of amides is 1. The summed E-state index contributed by atoms with van der Waals surface area (Å²) in [4.78, 5) is 12.7. The van der Waals surface area contributed by atoms with Crippen LogP contribution < -0.4 is 24.8 Å². The molecule has 6 nitrogen and oxygen atoms in total. The molecule has 0 aliphatic carbocycles. The van der Waals surface area contributed by atoms with E-state index in [1.807, 2.05) is 72.8 Å². The molecule has 4 aromatic carbocycles. The van der Waals surface area contributed by atoms with Crippen LogP contribution in [0.3, 0.4) is 0 Å². The van der Waals surface area contributed by atoms with E-state index in [0.717, 1.165) is 23.6 Å². The first-order valence-corrected chi connectivity index (χ1v) is 12.4. The fourth-order valence-electron chi connectivity index (χ4n) is 3.50. The molecule has 0 atom stereocenters. The predicted octanol–water partition coefficient (Wildman–Crippen LogP) is 5.89. The summed E-state index contributed by atoms with van der Waals surface area (Å²) in [6.07, 6.45) is 0.815. The van der Waals surface area contributed by atoms with Crippen molar-refractivity contribution in [1.82, 2.24) is 5.32 Å². The van der Waals surface area contributed by atoms with Crippen LogP contribution in [0.1, 0.15) is 15.9 Å². The molecule has 0 unspecified atom stereocenters. The molecule has 188 valence electrons. The molecule has 0 aliphatic heterocycles. The predicted molar refractivity (Wildman–Crippen MR) is 150 cm³/mol. The van der Waals surface area contributed by atoms with Crippen LogP contribution in [0.25, 0.3) is 0 Å². The van der Waals surface area contributed by atoms with E-state index in [0.29, 0.717) is 31.1 Å². The molecule has 0 radical (unpaired) electrons. The Morgan fingerprint density at radius 2 is 1.24 bits per heavy atom. The number of carbonyl (C=O) groups excluding carboxylic acids is 1. The first-order valence-electron chi connectivity index (χ1n) is 12.0. The molecule has 7 heteroatoms. The quantitative estimate of drug-likeness (QED) is 0.193. The largest absolute Gasteiger partial charge is 0.493 e. The summed E-state index contributed by atoms with van der Waals surface area (Å²) in [5.41, 5.74) is 2.37. The van der Waals surface area contributed by atoms with Gasteiger partial charge in [0.25, 0.3) is 5.91 Å². The molecule has 0 bridgehead atoms. The van der Waals surface area contributed by atoms with E-state index in [1.54, 1.807) is 24.3 Å². The minimum atomic E-state index is -0.334. The molecule has 0 fully saturated rings. The molecule has 0 spiro atoms. The van der Waals surface area contributed by atoms with Crippen LogP contribution in [0, 0.1) is 0 Å². The molecular formula is C30H28N2O4S. The highest BCUT2D eigenvalue weighted by Gasteiger charge is 2.10. The van der Waals surface area contributed by atoms with Gasteiger partial charge in [-0.05, 0) is 60.2 Å². The maximum atomic E-state index is 12.7. The lowest BCUT2D eigenvalue weighted by molar-refractivity contribution is 0.0977. The van der Waals surface area contributed by atoms with Gasteiger partial charge in [0.15, 0.2) is 5.11 Å². The van der Waals surface area contributed by atoms with Gasteiger partial charge in [-0.25, -0.2) is 0 Å². The topological polar surface area (TPSA) is 68.8 Å². The number of para-hydroxylation sites is 1. The van der Waals surface area contributed by atoms with E-state index in [-0.39, 0.29) is 11.0 Å². The first-order chi connectivity index (χ1) is 18.2. The zero-order valence-electron chi connectivity index (χ0n) is 20.3. The third kappa shape index (κ3) is 8.66. The Morgan fingerprint density at radius 3 is 2.00 bits per heavy atom. The van der Waals surface area contributed by atoms with Gasteiger partial charge in [-0.2, -0.15) is 0 Å². The lowest BCUT2D eigenvalue weighted by atomic mass is 10.2. The Morgan fingerprint density at radius 1 is 0.649 bits per heavy atom. The van der Waals surface area contributed by atoms with E-state index in [9.17, 15) is 4.79 Å². The second-order valence-electron chi connectivity index (χ2n) is 8.06. The van der Waals surface area contributed by atoms with Crippen LogP contribution in [0.4, 0.5) is 5.69 Å². The van der Waals surface area contributed by atoms with Gasteiger partial charge in [0.2, 0.25) is 0 Å². The number of thiocarbonyl (C=S) groups is 1. The summed E-state index contributed by atoms with van der Waals surface area (Å²) in [7, 11) is 0. The molecule has 0 aliphatic rings. The lowest BCUT2D eigenvalue weighted by Gasteiger charge is -2.12. The zero-order chi connectivity index (χ0) is 25.7. The van der Waals surface area contributed by atoms with Crippen molar-refractivity contribution >= 4 is 28.9 Å². The summed E-state index contributed by atoms with van der Waals surface area (Å²) in [6.45, 7) is 1.30. The van der Waals surface area contributed by atoms with E-state index >= 15 is 0 Å². The van der Waals surface area contributed by atoms with Crippen LogP contribution in [0.15, 0.2) is 109 Å². The molecule has 0 heterocycles. The highest BCUT2D eigenvalue weighted by Crippen LogP contribution is 2.18. The first kappa shape index (κ1) is 25.7. The third-order valence-corrected chi connectivity index (χ3v) is 5.49. The van der Waals surface area contributed by atoms with Crippen molar-refractivity contribution in [2.75, 3.05) is 25.1 Å². The minimum Gasteiger partial charge on any atom is -0.493 e. The van der Waals surface area contributed by atoms with Crippen LogP contribution >= 0.6 is 12.2 Å². The van der Waals surface area contributed by atoms with Gasteiger partial charge in [-0.15, -0.1) is 0 Å². The van der Waals surface area contributed by atoms with Gasteiger partial charge in [0.1, 0.15) is 30.5 Å². The second-order valence-corrected chi connectivity index (χ2v) is 8.47. The summed E-state index contributed by atoms with van der Waals surface area (Å²) in [6, 6.07) is 34.1. The van der Waals surface area contributed by atoms with Crippen LogP contribution in [0.2, 0.25) is 0 Å². The van der Waals surface area contributed by atoms with Gasteiger partial charge >= 0.3 is 0 Å². The average molecular weight is 513 g/mol. The van der Waals surface area contributed by atoms with Crippen molar-refractivity contribution in [3.8, 4) is 17.2 Å². The van der Waals surface area contributed by atoms with Gasteiger partial charge in [-0.3, -0.25) is 10.1 Å². The summed E-state index contributed by atoms with van der Waals surface area (Å²) < 4.78 is 17.2. The molecule has 1 amide bonds. The number of anilines is 1. The number of hydrogen-bond acceptors (Lipinski definition) is 5. The Balaban J connectivity index is 1.22. The lowest BCUT2D eigenvalue weighted by Crippen LogP contribution is -2.34. The van der Waals surface area contributed by atoms with Gasteiger partial charge in [0.05, 0.1) is 6.61 Å². The maximum Gasteiger partial charge on any atom is 0.257 e. The second kappa shape index (κ2) is 13.7. The standard InChI is InChI=1S/C30H28N2O4S/c33-29(24-11-7-15-27(21-24)36-20-19-35-26-13-5-2-6-14-26)32-30(37)31-25-12-8-16-28(22-25)34-18-17-23-9-3-1-4-10-23/h1-16,21-22H,17-20H2,(H2,31,32,33,37). The van der Waals surface area contributed by atoms with E-state index in [2.05, 4.69) is 22.8 Å². The highest BCUT2D eigenvalue weighted by atomic mass is 32.1. The molecule has 0 aromatic heterocycles. The smallest absolute Gasteiger partial charge is 0.257 e. The molecule has 4 aromatic rings. The summed E-state index contributed by atoms with van der Waals surface area (Å²) >= 11 is 5.34. The monoisotopic (exact) mass is 512 g/mol. The molecule has 2 N–H and O–H groups in total. The normalized spacial score (nSPS) is 10.3. The van der Waals surface area contributed by atoms with Gasteiger partial charge < -0.3 is 19.5 Å². The van der Waals surface area contributed by atoms with Crippen LogP contribution in [-0.2, 0) is 6.42 Å². The average Bonchev–Trinajstić information content (AvgIpc) is 2.93. The fourth-order valence-corrected chi connectivity index (χ4v) is 3.71. The summed E-state index contributed by atoms with van der Waals surface area (Å²) in [5.74, 6) is 1.74. The number of benzene rings is 4. The van der Waals surface area contributed by atoms with Crippen LogP contribution in [0.5, 0.6) is 17.2 Å².